The van der Waals surface area contributed by atoms with E-state index in [9.17, 15) is 9.59 Å². The first-order chi connectivity index (χ1) is 14.6. The van der Waals surface area contributed by atoms with Crippen LogP contribution in [0.15, 0.2) is 71.7 Å². The number of benzene rings is 3. The summed E-state index contributed by atoms with van der Waals surface area (Å²) in [7, 11) is 1.61. The molecule has 6 nitrogen and oxygen atoms in total. The Morgan fingerprint density at radius 2 is 1.87 bits per heavy atom. The summed E-state index contributed by atoms with van der Waals surface area (Å²) in [5.74, 6) is 0.346. The highest BCUT2D eigenvalue weighted by Gasteiger charge is 2.32. The van der Waals surface area contributed by atoms with E-state index in [1.54, 1.807) is 7.11 Å². The second kappa shape index (κ2) is 9.00. The Hall–Kier alpha value is -3.32. The van der Waals surface area contributed by atoms with Crippen LogP contribution in [0.4, 0.5) is 5.69 Å². The molecule has 0 radical (unpaired) electrons. The van der Waals surface area contributed by atoms with E-state index in [0.29, 0.717) is 11.7 Å². The Bertz CT molecular complexity index is 1120. The van der Waals surface area contributed by atoms with Crippen LogP contribution in [0, 0.1) is 0 Å². The Labute approximate surface area is 178 Å². The third-order valence-corrected chi connectivity index (χ3v) is 5.92. The van der Waals surface area contributed by atoms with E-state index < -0.39 is 5.25 Å². The lowest BCUT2D eigenvalue weighted by Crippen LogP contribution is -2.28. The van der Waals surface area contributed by atoms with Crippen molar-refractivity contribution in [2.75, 3.05) is 12.4 Å². The van der Waals surface area contributed by atoms with Gasteiger partial charge in [-0.05, 0) is 17.5 Å². The first-order valence-corrected chi connectivity index (χ1v) is 10.4. The van der Waals surface area contributed by atoms with Gasteiger partial charge in [0.25, 0.3) is 0 Å². The van der Waals surface area contributed by atoms with Crippen molar-refractivity contribution in [2.45, 2.75) is 18.2 Å². The summed E-state index contributed by atoms with van der Waals surface area (Å²) in [6.45, 7) is 0.390. The number of ether oxygens (including phenoxy) is 1. The van der Waals surface area contributed by atoms with E-state index >= 15 is 0 Å². The first kappa shape index (κ1) is 20.0. The predicted molar refractivity (Wildman–Crippen MR) is 121 cm³/mol. The van der Waals surface area contributed by atoms with Crippen LogP contribution in [0.25, 0.3) is 10.8 Å². The molecule has 1 atom stereocenters. The molecule has 2 N–H and O–H groups in total. The maximum Gasteiger partial charge on any atom is 0.240 e. The Balaban J connectivity index is 1.39. The first-order valence-electron chi connectivity index (χ1n) is 9.55. The lowest BCUT2D eigenvalue weighted by Gasteiger charge is -2.10. The van der Waals surface area contributed by atoms with Crippen molar-refractivity contribution in [3.05, 3.63) is 72.3 Å². The van der Waals surface area contributed by atoms with Gasteiger partial charge >= 0.3 is 0 Å². The predicted octanol–water partition coefficient (Wildman–Crippen LogP) is 3.96. The fourth-order valence-electron chi connectivity index (χ4n) is 3.31. The molecule has 3 aromatic rings. The maximum atomic E-state index is 12.6. The van der Waals surface area contributed by atoms with Crippen LogP contribution in [0.3, 0.4) is 0 Å². The Kier molecular flexibility index (Phi) is 5.99. The highest BCUT2D eigenvalue weighted by Crippen LogP contribution is 2.26. The van der Waals surface area contributed by atoms with Crippen molar-refractivity contribution in [2.24, 2.45) is 4.99 Å². The number of anilines is 1. The minimum Gasteiger partial charge on any atom is -0.496 e. The minimum absolute atomic E-state index is 0.0768. The molecule has 1 aliphatic heterocycles. The van der Waals surface area contributed by atoms with Crippen LogP contribution < -0.4 is 15.4 Å². The molecule has 7 heteroatoms. The SMILES string of the molecule is COc1ccccc1CN=C1NC(=O)[C@@H](CC(=O)Nc2cccc3ccccc23)S1. The molecule has 1 saturated heterocycles. The van der Waals surface area contributed by atoms with Gasteiger partial charge in [-0.25, -0.2) is 0 Å². The molecule has 0 aromatic heterocycles. The zero-order valence-corrected chi connectivity index (χ0v) is 17.2. The minimum atomic E-state index is -0.503. The van der Waals surface area contributed by atoms with Gasteiger partial charge in [0.05, 0.1) is 13.7 Å². The van der Waals surface area contributed by atoms with Crippen molar-refractivity contribution in [1.82, 2.24) is 5.32 Å². The fraction of sp³-hybridized carbons (Fsp3) is 0.174. The molecule has 2 amide bonds. The monoisotopic (exact) mass is 419 g/mol. The fourth-order valence-corrected chi connectivity index (χ4v) is 4.28. The number of aliphatic imine (C=N–C) groups is 1. The molecule has 30 heavy (non-hydrogen) atoms. The standard InChI is InChI=1S/C23H21N3O3S/c1-29-19-12-5-3-8-16(19)14-24-23-26-22(28)20(30-23)13-21(27)25-18-11-6-9-15-7-2-4-10-17(15)18/h2-12,20H,13-14H2,1H3,(H,25,27)(H,24,26,28)/t20-/m1/s1. The van der Waals surface area contributed by atoms with Crippen molar-refractivity contribution in [3.63, 3.8) is 0 Å². The summed E-state index contributed by atoms with van der Waals surface area (Å²) in [5.41, 5.74) is 1.67. The third-order valence-electron chi connectivity index (χ3n) is 4.80. The number of nitrogens with one attached hydrogen (secondary N) is 2. The number of methoxy groups -OCH3 is 1. The number of amidine groups is 1. The number of hydrogen-bond acceptors (Lipinski definition) is 5. The summed E-state index contributed by atoms with van der Waals surface area (Å²) in [4.78, 5) is 29.3. The van der Waals surface area contributed by atoms with Gasteiger partial charge in [-0.2, -0.15) is 0 Å². The third kappa shape index (κ3) is 4.46. The van der Waals surface area contributed by atoms with Crippen LogP contribution in [0.5, 0.6) is 5.75 Å². The number of fused-ring (bicyclic) bond motifs is 1. The second-order valence-electron chi connectivity index (χ2n) is 6.81. The van der Waals surface area contributed by atoms with Crippen molar-refractivity contribution in [1.29, 1.82) is 0 Å². The van der Waals surface area contributed by atoms with Gasteiger partial charge in [0.2, 0.25) is 11.8 Å². The highest BCUT2D eigenvalue weighted by molar-refractivity contribution is 8.15. The zero-order chi connectivity index (χ0) is 20.9. The van der Waals surface area contributed by atoms with E-state index in [-0.39, 0.29) is 18.2 Å². The van der Waals surface area contributed by atoms with Crippen LogP contribution in [-0.4, -0.2) is 29.3 Å². The number of hydrogen-bond donors (Lipinski definition) is 2. The molecule has 0 aliphatic carbocycles. The van der Waals surface area contributed by atoms with Crippen molar-refractivity contribution >= 4 is 45.2 Å². The van der Waals surface area contributed by atoms with Crippen LogP contribution in [0.2, 0.25) is 0 Å². The van der Waals surface area contributed by atoms with Crippen molar-refractivity contribution < 1.29 is 14.3 Å². The second-order valence-corrected chi connectivity index (χ2v) is 8.00. The Morgan fingerprint density at radius 3 is 2.73 bits per heavy atom. The smallest absolute Gasteiger partial charge is 0.240 e. The number of thioether (sulfide) groups is 1. The van der Waals surface area contributed by atoms with E-state index in [1.807, 2.05) is 66.7 Å². The molecule has 1 fully saturated rings. The molecular weight excluding hydrogens is 398 g/mol. The quantitative estimate of drug-likeness (QED) is 0.634. The molecule has 3 aromatic carbocycles. The molecule has 152 valence electrons. The summed E-state index contributed by atoms with van der Waals surface area (Å²) in [6.07, 6.45) is 0.0768. The zero-order valence-electron chi connectivity index (χ0n) is 16.4. The van der Waals surface area contributed by atoms with E-state index in [4.69, 9.17) is 4.74 Å². The van der Waals surface area contributed by atoms with Gasteiger partial charge in [-0.15, -0.1) is 0 Å². The summed E-state index contributed by atoms with van der Waals surface area (Å²) in [6, 6.07) is 21.2. The topological polar surface area (TPSA) is 79.8 Å². The van der Waals surface area contributed by atoms with Gasteiger partial charge < -0.3 is 15.4 Å². The molecule has 0 bridgehead atoms. The molecular formula is C23H21N3O3S. The largest absolute Gasteiger partial charge is 0.496 e. The van der Waals surface area contributed by atoms with Crippen molar-refractivity contribution in [3.8, 4) is 5.75 Å². The van der Waals surface area contributed by atoms with E-state index in [0.717, 1.165) is 27.8 Å². The van der Waals surface area contributed by atoms with Gasteiger partial charge in [0, 0.05) is 23.1 Å². The normalized spacial score (nSPS) is 17.2. The molecule has 0 spiro atoms. The molecule has 1 aliphatic rings. The average Bonchev–Trinajstić information content (AvgIpc) is 3.11. The van der Waals surface area contributed by atoms with Gasteiger partial charge in [-0.3, -0.25) is 14.6 Å². The number of nitrogens with zero attached hydrogens (tertiary/aromatic N) is 1. The van der Waals surface area contributed by atoms with Gasteiger partial charge in [-0.1, -0.05) is 66.4 Å². The van der Waals surface area contributed by atoms with Gasteiger partial charge in [0.15, 0.2) is 5.17 Å². The highest BCUT2D eigenvalue weighted by atomic mass is 32.2. The maximum absolute atomic E-state index is 12.6. The summed E-state index contributed by atoms with van der Waals surface area (Å²) in [5, 5.41) is 7.73. The van der Waals surface area contributed by atoms with Gasteiger partial charge in [0.1, 0.15) is 11.0 Å². The number of rotatable bonds is 6. The number of carbonyl (C=O) groups is 2. The molecule has 0 saturated carbocycles. The average molecular weight is 420 g/mol. The molecule has 0 unspecified atom stereocenters. The van der Waals surface area contributed by atoms with Crippen LogP contribution >= 0.6 is 11.8 Å². The lowest BCUT2D eigenvalue weighted by atomic mass is 10.1. The van der Waals surface area contributed by atoms with Crippen LogP contribution in [-0.2, 0) is 16.1 Å². The lowest BCUT2D eigenvalue weighted by molar-refractivity contribution is -0.122. The van der Waals surface area contributed by atoms with E-state index in [2.05, 4.69) is 15.6 Å². The summed E-state index contributed by atoms with van der Waals surface area (Å²) >= 11 is 1.28. The van der Waals surface area contributed by atoms with Crippen LogP contribution in [0.1, 0.15) is 12.0 Å². The summed E-state index contributed by atoms with van der Waals surface area (Å²) < 4.78 is 5.33. The number of para-hydroxylation sites is 1. The Morgan fingerprint density at radius 1 is 1.10 bits per heavy atom. The molecule has 1 heterocycles. The van der Waals surface area contributed by atoms with E-state index in [1.165, 1.54) is 11.8 Å². The number of carbonyl (C=O) groups excluding carboxylic acids is 2. The number of amides is 2. The molecule has 4 rings (SSSR count).